The second-order valence-corrected chi connectivity index (χ2v) is 8.79. The number of rotatable bonds is 4. The number of aromatic nitrogens is 1. The molecule has 0 radical (unpaired) electrons. The minimum atomic E-state index is -0.673. The van der Waals surface area contributed by atoms with Gasteiger partial charge in [-0.3, -0.25) is 9.69 Å². The van der Waals surface area contributed by atoms with Crippen molar-refractivity contribution in [3.05, 3.63) is 69.2 Å². The molecule has 33 heavy (non-hydrogen) atoms. The number of pyridine rings is 1. The third-order valence-corrected chi connectivity index (χ3v) is 6.43. The van der Waals surface area contributed by atoms with Crippen molar-refractivity contribution in [3.63, 3.8) is 0 Å². The average Bonchev–Trinajstić information content (AvgIpc) is 3.27. The maximum Gasteiger partial charge on any atom is 0.338 e. The Bertz CT molecular complexity index is 1210. The van der Waals surface area contributed by atoms with Gasteiger partial charge in [0, 0.05) is 28.4 Å². The summed E-state index contributed by atoms with van der Waals surface area (Å²) in [6.45, 7) is 2.04. The van der Waals surface area contributed by atoms with Crippen molar-refractivity contribution in [2.45, 2.75) is 32.1 Å². The summed E-state index contributed by atoms with van der Waals surface area (Å²) in [5.74, 6) is 0.669. The van der Waals surface area contributed by atoms with E-state index in [9.17, 15) is 9.59 Å². The molecule has 0 saturated heterocycles. The summed E-state index contributed by atoms with van der Waals surface area (Å²) in [7, 11) is 0. The number of carbonyl (C=O) groups is 2. The van der Waals surface area contributed by atoms with Gasteiger partial charge in [-0.25, -0.2) is 9.78 Å². The van der Waals surface area contributed by atoms with Gasteiger partial charge >= 0.3 is 5.97 Å². The van der Waals surface area contributed by atoms with E-state index < -0.39 is 11.9 Å². The third kappa shape index (κ3) is 3.66. The van der Waals surface area contributed by atoms with Crippen LogP contribution in [0.1, 0.15) is 37.7 Å². The molecule has 1 aromatic carbocycles. The van der Waals surface area contributed by atoms with Crippen LogP contribution in [0.15, 0.2) is 63.7 Å². The number of ether oxygens (including phenoxy) is 3. The first kappa shape index (κ1) is 21.5. The van der Waals surface area contributed by atoms with E-state index in [-0.39, 0.29) is 30.6 Å². The molecule has 170 valence electrons. The van der Waals surface area contributed by atoms with E-state index >= 15 is 0 Å². The molecule has 3 aliphatic rings. The van der Waals surface area contributed by atoms with Crippen molar-refractivity contribution in [1.82, 2.24) is 4.98 Å². The summed E-state index contributed by atoms with van der Waals surface area (Å²) in [6.07, 6.45) is 3.39. The Balaban J connectivity index is 1.74. The number of carbonyl (C=O) groups excluding carboxylic acids is 2. The number of ketones is 1. The first-order valence-electron chi connectivity index (χ1n) is 10.7. The molecule has 0 amide bonds. The topological polar surface area (TPSA) is 104 Å². The number of hydrogen-bond donors (Lipinski definition) is 1. The van der Waals surface area contributed by atoms with Gasteiger partial charge in [0.25, 0.3) is 0 Å². The summed E-state index contributed by atoms with van der Waals surface area (Å²) in [5, 5.41) is 0. The Morgan fingerprint density at radius 3 is 2.82 bits per heavy atom. The van der Waals surface area contributed by atoms with E-state index in [1.807, 2.05) is 12.1 Å². The van der Waals surface area contributed by atoms with Gasteiger partial charge in [0.15, 0.2) is 17.3 Å². The first-order chi connectivity index (χ1) is 16.0. The van der Waals surface area contributed by atoms with Crippen LogP contribution in [-0.2, 0) is 14.3 Å². The van der Waals surface area contributed by atoms with Crippen molar-refractivity contribution in [2.75, 3.05) is 18.3 Å². The van der Waals surface area contributed by atoms with Crippen LogP contribution in [0, 0.1) is 0 Å². The number of anilines is 1. The van der Waals surface area contributed by atoms with Gasteiger partial charge < -0.3 is 19.9 Å². The molecular formula is C24H22BrN3O5. The van der Waals surface area contributed by atoms with Crippen molar-refractivity contribution in [1.29, 1.82) is 0 Å². The normalized spacial score (nSPS) is 19.6. The largest absolute Gasteiger partial charge is 0.463 e. The molecule has 9 heteroatoms. The second-order valence-electron chi connectivity index (χ2n) is 7.87. The number of nitrogens with two attached hydrogens (primary N) is 1. The molecular weight excluding hydrogens is 490 g/mol. The van der Waals surface area contributed by atoms with Gasteiger partial charge in [-0.1, -0.05) is 6.07 Å². The van der Waals surface area contributed by atoms with E-state index in [1.54, 1.807) is 36.2 Å². The molecule has 1 aromatic heterocycles. The lowest BCUT2D eigenvalue weighted by molar-refractivity contribution is -0.138. The number of benzene rings is 1. The minimum Gasteiger partial charge on any atom is -0.463 e. The number of Topliss-reactive ketones (excluding diaryl/α,β-unsaturated/α-hetero) is 1. The maximum absolute atomic E-state index is 13.3. The van der Waals surface area contributed by atoms with Gasteiger partial charge in [0.05, 0.1) is 18.1 Å². The van der Waals surface area contributed by atoms with Crippen molar-refractivity contribution in [3.8, 4) is 11.5 Å². The highest BCUT2D eigenvalue weighted by atomic mass is 79.9. The summed E-state index contributed by atoms with van der Waals surface area (Å²) in [5.41, 5.74) is 8.91. The molecule has 0 saturated carbocycles. The van der Waals surface area contributed by atoms with Crippen molar-refractivity contribution >= 4 is 33.5 Å². The first-order valence-corrected chi connectivity index (χ1v) is 11.5. The Hall–Kier alpha value is -3.33. The molecule has 2 aliphatic heterocycles. The second kappa shape index (κ2) is 8.55. The molecule has 0 spiro atoms. The number of nitrogens with zero attached hydrogens (tertiary/aromatic N) is 2. The fourth-order valence-corrected chi connectivity index (χ4v) is 4.82. The highest BCUT2D eigenvalue weighted by molar-refractivity contribution is 9.10. The number of allylic oxidation sites excluding steroid dienone is 2. The molecule has 3 heterocycles. The molecule has 5 rings (SSSR count). The van der Waals surface area contributed by atoms with Gasteiger partial charge in [-0.05, 0) is 65.5 Å². The predicted octanol–water partition coefficient (Wildman–Crippen LogP) is 3.92. The number of fused-ring (bicyclic) bond motifs is 1. The third-order valence-electron chi connectivity index (χ3n) is 5.96. The Kier molecular flexibility index (Phi) is 5.57. The smallest absolute Gasteiger partial charge is 0.338 e. The average molecular weight is 512 g/mol. The molecule has 0 fully saturated rings. The number of hydrogen-bond acceptors (Lipinski definition) is 8. The highest BCUT2D eigenvalue weighted by Gasteiger charge is 2.43. The van der Waals surface area contributed by atoms with E-state index in [0.717, 1.165) is 15.7 Å². The predicted molar refractivity (Wildman–Crippen MR) is 123 cm³/mol. The standard InChI is InChI=1S/C24H22BrN3O5/c1-2-31-24(30)22-20(13-6-8-17-18(10-13)33-12-32-17)21-15(4-3-5-16(21)29)28(23(22)26)19-9-7-14(25)11-27-19/h6-11,20H,2-5,12,26H2,1H3. The maximum atomic E-state index is 13.3. The monoisotopic (exact) mass is 511 g/mol. The zero-order valence-electron chi connectivity index (χ0n) is 18.0. The fraction of sp³-hybridized carbons (Fsp3) is 0.292. The van der Waals surface area contributed by atoms with Gasteiger partial charge in [-0.2, -0.15) is 0 Å². The van der Waals surface area contributed by atoms with Crippen molar-refractivity contribution < 1.29 is 23.8 Å². The lowest BCUT2D eigenvalue weighted by atomic mass is 9.75. The molecule has 2 N–H and O–H groups in total. The molecule has 2 aromatic rings. The molecule has 8 nitrogen and oxygen atoms in total. The molecule has 1 atom stereocenters. The quantitative estimate of drug-likeness (QED) is 0.615. The van der Waals surface area contributed by atoms with E-state index in [4.69, 9.17) is 19.9 Å². The molecule has 1 unspecified atom stereocenters. The Morgan fingerprint density at radius 1 is 1.24 bits per heavy atom. The summed E-state index contributed by atoms with van der Waals surface area (Å²) < 4.78 is 17.2. The highest BCUT2D eigenvalue weighted by Crippen LogP contribution is 2.48. The van der Waals surface area contributed by atoms with Crippen LogP contribution in [0.3, 0.4) is 0 Å². The van der Waals surface area contributed by atoms with E-state index in [2.05, 4.69) is 20.9 Å². The Morgan fingerprint density at radius 2 is 2.06 bits per heavy atom. The van der Waals surface area contributed by atoms with Crippen LogP contribution >= 0.6 is 15.9 Å². The summed E-state index contributed by atoms with van der Waals surface area (Å²) >= 11 is 3.40. The summed E-state index contributed by atoms with van der Waals surface area (Å²) in [6, 6.07) is 9.07. The van der Waals surface area contributed by atoms with E-state index in [0.29, 0.717) is 42.2 Å². The van der Waals surface area contributed by atoms with Crippen LogP contribution in [0.5, 0.6) is 11.5 Å². The lowest BCUT2D eigenvalue weighted by Crippen LogP contribution is -2.41. The van der Waals surface area contributed by atoms with Gasteiger partial charge in [0.1, 0.15) is 11.6 Å². The minimum absolute atomic E-state index is 0.0182. The lowest BCUT2D eigenvalue weighted by Gasteiger charge is -2.40. The SMILES string of the molecule is CCOC(=O)C1=C(N)N(c2ccc(Br)cn2)C2=C(C(=O)CCC2)C1c1ccc2c(c1)OCO2. The van der Waals surface area contributed by atoms with Gasteiger partial charge in [0.2, 0.25) is 6.79 Å². The van der Waals surface area contributed by atoms with Crippen LogP contribution in [0.2, 0.25) is 0 Å². The molecule has 1 aliphatic carbocycles. The fourth-order valence-electron chi connectivity index (χ4n) is 4.58. The van der Waals surface area contributed by atoms with E-state index in [1.165, 1.54) is 0 Å². The number of halogens is 1. The van der Waals surface area contributed by atoms with Crippen LogP contribution in [-0.4, -0.2) is 30.1 Å². The zero-order chi connectivity index (χ0) is 23.1. The zero-order valence-corrected chi connectivity index (χ0v) is 19.6. The number of esters is 1. The van der Waals surface area contributed by atoms with Crippen LogP contribution < -0.4 is 20.1 Å². The summed E-state index contributed by atoms with van der Waals surface area (Å²) in [4.78, 5) is 32.8. The Labute approximate surface area is 199 Å². The van der Waals surface area contributed by atoms with Crippen LogP contribution in [0.4, 0.5) is 5.82 Å². The van der Waals surface area contributed by atoms with Gasteiger partial charge in [-0.15, -0.1) is 0 Å². The van der Waals surface area contributed by atoms with Crippen molar-refractivity contribution in [2.24, 2.45) is 5.73 Å². The van der Waals surface area contributed by atoms with Crippen LogP contribution in [0.25, 0.3) is 0 Å². The molecule has 0 bridgehead atoms.